The van der Waals surface area contributed by atoms with E-state index in [1.54, 1.807) is 7.11 Å². The van der Waals surface area contributed by atoms with Gasteiger partial charge in [-0.15, -0.1) is 10.2 Å². The molecule has 1 saturated heterocycles. The number of aromatic nitrogens is 2. The Bertz CT molecular complexity index is 804. The zero-order chi connectivity index (χ0) is 22.1. The molecule has 170 valence electrons. The molecule has 8 nitrogen and oxygen atoms in total. The largest absolute Gasteiger partial charge is 0.497 e. The number of carbonyl (C=O) groups excluding carboxylic acids is 1. The summed E-state index contributed by atoms with van der Waals surface area (Å²) in [7, 11) is 1.62. The molecule has 1 unspecified atom stereocenters. The first-order valence-corrected chi connectivity index (χ1v) is 11.8. The van der Waals surface area contributed by atoms with Crippen LogP contribution in [-0.2, 0) is 9.53 Å². The summed E-state index contributed by atoms with van der Waals surface area (Å²) in [5, 5.41) is 11.6. The summed E-state index contributed by atoms with van der Waals surface area (Å²) in [5.41, 5.74) is 0.808. The first kappa shape index (κ1) is 23.6. The highest BCUT2D eigenvalue weighted by molar-refractivity contribution is 7.99. The van der Waals surface area contributed by atoms with Crippen LogP contribution in [0.15, 0.2) is 33.9 Å². The molecule has 31 heavy (non-hydrogen) atoms. The lowest BCUT2D eigenvalue weighted by Crippen LogP contribution is -2.52. The van der Waals surface area contributed by atoms with Crippen LogP contribution in [0.3, 0.4) is 0 Å². The van der Waals surface area contributed by atoms with Crippen LogP contribution >= 0.6 is 11.8 Å². The summed E-state index contributed by atoms with van der Waals surface area (Å²) >= 11 is 1.25. The van der Waals surface area contributed by atoms with Crippen molar-refractivity contribution >= 4 is 17.7 Å². The molecule has 1 fully saturated rings. The topological polar surface area (TPSA) is 89.7 Å². The number of nitrogens with one attached hydrogen (secondary N) is 1. The zero-order valence-corrected chi connectivity index (χ0v) is 19.3. The fourth-order valence-corrected chi connectivity index (χ4v) is 4.44. The number of hydrogen-bond donors (Lipinski definition) is 1. The Labute approximate surface area is 188 Å². The number of thioether (sulfide) groups is 1. The van der Waals surface area contributed by atoms with Crippen LogP contribution in [0.25, 0.3) is 11.5 Å². The van der Waals surface area contributed by atoms with Crippen LogP contribution in [0, 0.1) is 5.92 Å². The van der Waals surface area contributed by atoms with Crippen molar-refractivity contribution in [2.45, 2.75) is 38.0 Å². The summed E-state index contributed by atoms with van der Waals surface area (Å²) in [6.07, 6.45) is 2.19. The molecule has 3 rings (SSSR count). The number of benzene rings is 1. The van der Waals surface area contributed by atoms with Crippen molar-refractivity contribution in [2.24, 2.45) is 5.92 Å². The van der Waals surface area contributed by atoms with E-state index in [2.05, 4.69) is 34.3 Å². The number of ether oxygens (including phenoxy) is 2. The van der Waals surface area contributed by atoms with Gasteiger partial charge in [-0.25, -0.2) is 0 Å². The maximum Gasteiger partial charge on any atom is 0.277 e. The summed E-state index contributed by atoms with van der Waals surface area (Å²) < 4.78 is 16.3. The molecule has 2 aromatic rings. The van der Waals surface area contributed by atoms with Gasteiger partial charge in [0.1, 0.15) is 5.75 Å². The maximum absolute atomic E-state index is 12.5. The number of hydrogen-bond acceptors (Lipinski definition) is 8. The minimum Gasteiger partial charge on any atom is -0.497 e. The number of nitrogens with zero attached hydrogens (tertiary/aromatic N) is 3. The molecule has 1 aromatic carbocycles. The van der Waals surface area contributed by atoms with E-state index in [4.69, 9.17) is 13.9 Å². The average molecular weight is 449 g/mol. The second kappa shape index (κ2) is 12.1. The highest BCUT2D eigenvalue weighted by Gasteiger charge is 2.27. The molecular formula is C22H32N4O4S. The summed E-state index contributed by atoms with van der Waals surface area (Å²) in [4.78, 5) is 14.9. The van der Waals surface area contributed by atoms with Crippen molar-refractivity contribution in [1.29, 1.82) is 0 Å². The Kier molecular flexibility index (Phi) is 9.17. The average Bonchev–Trinajstić information content (AvgIpc) is 3.30. The van der Waals surface area contributed by atoms with Crippen molar-refractivity contribution in [3.05, 3.63) is 24.3 Å². The van der Waals surface area contributed by atoms with Gasteiger partial charge in [-0.3, -0.25) is 9.69 Å². The maximum atomic E-state index is 12.5. The molecule has 1 aliphatic heterocycles. The van der Waals surface area contributed by atoms with E-state index in [0.29, 0.717) is 29.6 Å². The number of morpholine rings is 1. The quantitative estimate of drug-likeness (QED) is 0.525. The predicted octanol–water partition coefficient (Wildman–Crippen LogP) is 3.09. The molecule has 1 atom stereocenters. The van der Waals surface area contributed by atoms with Crippen molar-refractivity contribution in [2.75, 3.05) is 45.7 Å². The van der Waals surface area contributed by atoms with Crippen molar-refractivity contribution < 1.29 is 18.7 Å². The first-order chi connectivity index (χ1) is 15.1. The lowest BCUT2D eigenvalue weighted by molar-refractivity contribution is -0.119. The van der Waals surface area contributed by atoms with Gasteiger partial charge in [-0.1, -0.05) is 38.5 Å². The van der Waals surface area contributed by atoms with E-state index < -0.39 is 0 Å². The number of methoxy groups -OCH3 is 1. The van der Waals surface area contributed by atoms with E-state index in [1.807, 2.05) is 24.3 Å². The first-order valence-electron chi connectivity index (χ1n) is 10.8. The van der Waals surface area contributed by atoms with Crippen LogP contribution in [0.1, 0.15) is 26.7 Å². The minimum absolute atomic E-state index is 0.0292. The summed E-state index contributed by atoms with van der Waals surface area (Å²) in [6, 6.07) is 7.72. The van der Waals surface area contributed by atoms with Crippen molar-refractivity contribution in [1.82, 2.24) is 20.4 Å². The number of carbonyl (C=O) groups is 1. The van der Waals surface area contributed by atoms with Crippen LogP contribution in [0.2, 0.25) is 0 Å². The summed E-state index contributed by atoms with van der Waals surface area (Å²) in [5.74, 6) is 1.95. The Hall–Kier alpha value is -2.10. The van der Waals surface area contributed by atoms with Crippen LogP contribution in [-0.4, -0.2) is 72.8 Å². The van der Waals surface area contributed by atoms with Crippen molar-refractivity contribution in [3.63, 3.8) is 0 Å². The van der Waals surface area contributed by atoms with Crippen LogP contribution < -0.4 is 10.1 Å². The molecule has 0 aliphatic carbocycles. The highest BCUT2D eigenvalue weighted by atomic mass is 32.2. The van der Waals surface area contributed by atoms with Crippen LogP contribution in [0.5, 0.6) is 5.75 Å². The Morgan fingerprint density at radius 2 is 1.90 bits per heavy atom. The molecule has 1 N–H and O–H groups in total. The third-order valence-corrected chi connectivity index (χ3v) is 6.50. The monoisotopic (exact) mass is 448 g/mol. The van der Waals surface area contributed by atoms with E-state index in [9.17, 15) is 4.79 Å². The predicted molar refractivity (Wildman–Crippen MR) is 120 cm³/mol. The SMILES string of the molecule is CCC(CC)C(CNC(=O)CSc1nnc(-c2ccc(OC)cc2)o1)N1CCOCC1. The Morgan fingerprint density at radius 3 is 2.55 bits per heavy atom. The lowest BCUT2D eigenvalue weighted by Gasteiger charge is -2.38. The van der Waals surface area contributed by atoms with E-state index >= 15 is 0 Å². The normalized spacial score (nSPS) is 15.7. The van der Waals surface area contributed by atoms with Gasteiger partial charge in [-0.05, 0) is 30.2 Å². The van der Waals surface area contributed by atoms with Gasteiger partial charge in [0.25, 0.3) is 5.22 Å². The van der Waals surface area contributed by atoms with E-state index in [0.717, 1.165) is 50.5 Å². The van der Waals surface area contributed by atoms with Gasteiger partial charge in [-0.2, -0.15) is 0 Å². The number of rotatable bonds is 11. The highest BCUT2D eigenvalue weighted by Crippen LogP contribution is 2.25. The molecule has 1 aromatic heterocycles. The van der Waals surface area contributed by atoms with E-state index in [-0.39, 0.29) is 11.7 Å². The van der Waals surface area contributed by atoms with Gasteiger partial charge in [0.05, 0.1) is 26.1 Å². The molecule has 1 aliphatic rings. The summed E-state index contributed by atoms with van der Waals surface area (Å²) in [6.45, 7) is 8.43. The van der Waals surface area contributed by atoms with Gasteiger partial charge in [0, 0.05) is 31.2 Å². The molecule has 9 heteroatoms. The fraction of sp³-hybridized carbons (Fsp3) is 0.591. The molecule has 1 amide bonds. The van der Waals surface area contributed by atoms with Crippen LogP contribution in [0.4, 0.5) is 0 Å². The second-order valence-corrected chi connectivity index (χ2v) is 8.41. The third-order valence-electron chi connectivity index (χ3n) is 5.69. The van der Waals surface area contributed by atoms with Gasteiger partial charge < -0.3 is 19.2 Å². The minimum atomic E-state index is -0.0292. The second-order valence-electron chi connectivity index (χ2n) is 7.49. The third kappa shape index (κ3) is 6.69. The zero-order valence-electron chi connectivity index (χ0n) is 18.5. The van der Waals surface area contributed by atoms with Crippen molar-refractivity contribution in [3.8, 4) is 17.2 Å². The number of amides is 1. The Morgan fingerprint density at radius 1 is 1.19 bits per heavy atom. The Balaban J connectivity index is 1.50. The smallest absolute Gasteiger partial charge is 0.277 e. The molecule has 0 radical (unpaired) electrons. The molecule has 0 saturated carbocycles. The fourth-order valence-electron chi connectivity index (χ4n) is 3.85. The lowest BCUT2D eigenvalue weighted by atomic mass is 9.92. The molecule has 2 heterocycles. The molecule has 0 spiro atoms. The van der Waals surface area contributed by atoms with Gasteiger partial charge >= 0.3 is 0 Å². The standard InChI is InChI=1S/C22H32N4O4S/c1-4-16(5-2)19(26-10-12-29-13-11-26)14-23-20(27)15-31-22-25-24-21(30-22)17-6-8-18(28-3)9-7-17/h6-9,16,19H,4-5,10-15H2,1-3H3,(H,23,27). The molecule has 0 bridgehead atoms. The van der Waals surface area contributed by atoms with Gasteiger partial charge in [0.2, 0.25) is 11.8 Å². The van der Waals surface area contributed by atoms with Gasteiger partial charge in [0.15, 0.2) is 0 Å². The van der Waals surface area contributed by atoms with E-state index in [1.165, 1.54) is 11.8 Å². The molecular weight excluding hydrogens is 416 g/mol.